The first-order chi connectivity index (χ1) is 9.83. The Bertz CT molecular complexity index is 488. The number of aromatic nitrogens is 1. The van der Waals surface area contributed by atoms with Crippen LogP contribution in [0.3, 0.4) is 0 Å². The molecule has 1 saturated carbocycles. The van der Waals surface area contributed by atoms with Gasteiger partial charge in [0.25, 0.3) is 0 Å². The van der Waals surface area contributed by atoms with E-state index >= 15 is 0 Å². The van der Waals surface area contributed by atoms with Crippen LogP contribution in [-0.2, 0) is 20.5 Å². The molecule has 0 radical (unpaired) electrons. The van der Waals surface area contributed by atoms with Crippen LogP contribution in [0, 0.1) is 0 Å². The predicted molar refractivity (Wildman–Crippen MR) is 79.9 cm³/mol. The summed E-state index contributed by atoms with van der Waals surface area (Å²) >= 11 is 0. The van der Waals surface area contributed by atoms with E-state index in [-0.39, 0.29) is 5.41 Å². The van der Waals surface area contributed by atoms with Crippen LogP contribution in [0.2, 0.25) is 0 Å². The zero-order chi connectivity index (χ0) is 15.1. The molecular formula is C17H25NO3. The molecule has 1 aromatic heterocycles. The van der Waals surface area contributed by atoms with Crippen molar-refractivity contribution >= 4 is 0 Å². The Kier molecular flexibility index (Phi) is 3.59. The minimum absolute atomic E-state index is 0.0797. The van der Waals surface area contributed by atoms with Crippen LogP contribution in [0.4, 0.5) is 0 Å². The fraction of sp³-hybridized carbons (Fsp3) is 0.706. The van der Waals surface area contributed by atoms with Crippen LogP contribution in [0.15, 0.2) is 18.3 Å². The molecule has 2 heterocycles. The van der Waals surface area contributed by atoms with Crippen molar-refractivity contribution in [2.24, 2.45) is 0 Å². The Labute approximate surface area is 126 Å². The summed E-state index contributed by atoms with van der Waals surface area (Å²) in [6.45, 7) is 7.82. The summed E-state index contributed by atoms with van der Waals surface area (Å²) in [5, 5.41) is 10.9. The first-order valence-electron chi connectivity index (χ1n) is 7.80. The van der Waals surface area contributed by atoms with Crippen LogP contribution in [0.1, 0.15) is 57.7 Å². The third-order valence-corrected chi connectivity index (χ3v) is 4.76. The van der Waals surface area contributed by atoms with E-state index in [9.17, 15) is 5.11 Å². The van der Waals surface area contributed by atoms with Crippen molar-refractivity contribution in [3.63, 3.8) is 0 Å². The summed E-state index contributed by atoms with van der Waals surface area (Å²) in [4.78, 5) is 4.52. The molecule has 1 N–H and O–H groups in total. The van der Waals surface area contributed by atoms with Gasteiger partial charge in [-0.2, -0.15) is 0 Å². The molecule has 1 aliphatic carbocycles. The van der Waals surface area contributed by atoms with E-state index in [2.05, 4.69) is 31.8 Å². The van der Waals surface area contributed by atoms with Gasteiger partial charge in [-0.15, -0.1) is 0 Å². The van der Waals surface area contributed by atoms with Crippen molar-refractivity contribution in [2.75, 3.05) is 13.2 Å². The second kappa shape index (κ2) is 5.04. The summed E-state index contributed by atoms with van der Waals surface area (Å²) in [5.41, 5.74) is 1.18. The molecule has 2 fully saturated rings. The van der Waals surface area contributed by atoms with Crippen LogP contribution < -0.4 is 0 Å². The molecule has 4 nitrogen and oxygen atoms in total. The fourth-order valence-corrected chi connectivity index (χ4v) is 3.20. The van der Waals surface area contributed by atoms with Crippen molar-refractivity contribution in [2.45, 2.75) is 63.3 Å². The van der Waals surface area contributed by atoms with Gasteiger partial charge in [-0.3, -0.25) is 4.98 Å². The average Bonchev–Trinajstić information content (AvgIpc) is 2.91. The van der Waals surface area contributed by atoms with Gasteiger partial charge in [0.05, 0.1) is 18.9 Å². The maximum atomic E-state index is 10.9. The quantitative estimate of drug-likeness (QED) is 0.864. The van der Waals surface area contributed by atoms with E-state index in [1.807, 2.05) is 12.3 Å². The van der Waals surface area contributed by atoms with Gasteiger partial charge >= 0.3 is 0 Å². The Hall–Kier alpha value is -0.970. The van der Waals surface area contributed by atoms with Gasteiger partial charge in [-0.05, 0) is 29.9 Å². The molecule has 1 spiro atoms. The summed E-state index contributed by atoms with van der Waals surface area (Å²) in [5.74, 6) is -0.447. The van der Waals surface area contributed by atoms with Gasteiger partial charge in [-0.1, -0.05) is 26.8 Å². The largest absolute Gasteiger partial charge is 0.384 e. The number of ether oxygens (including phenoxy) is 2. The van der Waals surface area contributed by atoms with Crippen LogP contribution in [0.25, 0.3) is 0 Å². The zero-order valence-corrected chi connectivity index (χ0v) is 13.2. The SMILES string of the molecule is CC(C)(C)c1ccc(C2(O)CCC3(CC2)OCCO3)nc1. The lowest BCUT2D eigenvalue weighted by atomic mass is 9.78. The second-order valence-corrected chi connectivity index (χ2v) is 7.32. The second-order valence-electron chi connectivity index (χ2n) is 7.32. The molecule has 1 aliphatic heterocycles. The molecule has 4 heteroatoms. The van der Waals surface area contributed by atoms with Crippen LogP contribution in [0.5, 0.6) is 0 Å². The van der Waals surface area contributed by atoms with E-state index in [1.165, 1.54) is 5.56 Å². The van der Waals surface area contributed by atoms with E-state index in [0.717, 1.165) is 18.5 Å². The highest BCUT2D eigenvalue weighted by atomic mass is 16.7. The normalized spacial score (nSPS) is 24.4. The van der Waals surface area contributed by atoms with E-state index in [4.69, 9.17) is 9.47 Å². The molecule has 1 aromatic rings. The maximum Gasteiger partial charge on any atom is 0.168 e. The molecular weight excluding hydrogens is 266 g/mol. The molecule has 0 aromatic carbocycles. The van der Waals surface area contributed by atoms with Gasteiger partial charge in [0.15, 0.2) is 5.79 Å². The van der Waals surface area contributed by atoms with Crippen molar-refractivity contribution in [3.05, 3.63) is 29.6 Å². The number of pyridine rings is 1. The average molecular weight is 291 g/mol. The highest BCUT2D eigenvalue weighted by Gasteiger charge is 2.46. The van der Waals surface area contributed by atoms with Crippen molar-refractivity contribution in [1.82, 2.24) is 4.98 Å². The van der Waals surface area contributed by atoms with Gasteiger partial charge < -0.3 is 14.6 Å². The fourth-order valence-electron chi connectivity index (χ4n) is 3.20. The number of hydrogen-bond acceptors (Lipinski definition) is 4. The van der Waals surface area contributed by atoms with Gasteiger partial charge in [0.1, 0.15) is 5.60 Å². The minimum Gasteiger partial charge on any atom is -0.384 e. The molecule has 0 bridgehead atoms. The Morgan fingerprint density at radius 1 is 1.05 bits per heavy atom. The smallest absolute Gasteiger partial charge is 0.168 e. The predicted octanol–water partition coefficient (Wildman–Crippen LogP) is 2.88. The number of aliphatic hydroxyl groups is 1. The Balaban J connectivity index is 1.74. The van der Waals surface area contributed by atoms with Crippen LogP contribution in [-0.4, -0.2) is 29.1 Å². The van der Waals surface area contributed by atoms with E-state index < -0.39 is 11.4 Å². The third kappa shape index (κ3) is 2.85. The summed E-state index contributed by atoms with van der Waals surface area (Å²) in [6.07, 6.45) is 4.61. The monoisotopic (exact) mass is 291 g/mol. The molecule has 21 heavy (non-hydrogen) atoms. The molecule has 1 saturated heterocycles. The molecule has 0 unspecified atom stereocenters. The standard InChI is InChI=1S/C17H25NO3/c1-15(2,3)13-4-5-14(18-12-13)16(19)6-8-17(9-7-16)20-10-11-21-17/h4-5,12,19H,6-11H2,1-3H3. The number of rotatable bonds is 1. The number of hydrogen-bond donors (Lipinski definition) is 1. The van der Waals surface area contributed by atoms with E-state index in [0.29, 0.717) is 26.1 Å². The Morgan fingerprint density at radius 2 is 1.67 bits per heavy atom. The Morgan fingerprint density at radius 3 is 2.14 bits per heavy atom. The highest BCUT2D eigenvalue weighted by molar-refractivity contribution is 5.24. The van der Waals surface area contributed by atoms with Gasteiger partial charge in [-0.25, -0.2) is 0 Å². The number of nitrogens with zero attached hydrogens (tertiary/aromatic N) is 1. The van der Waals surface area contributed by atoms with Crippen molar-refractivity contribution < 1.29 is 14.6 Å². The summed E-state index contributed by atoms with van der Waals surface area (Å²) in [7, 11) is 0. The molecule has 2 aliphatic rings. The highest BCUT2D eigenvalue weighted by Crippen LogP contribution is 2.44. The lowest BCUT2D eigenvalue weighted by Crippen LogP contribution is -2.42. The molecule has 116 valence electrons. The topological polar surface area (TPSA) is 51.6 Å². The lowest BCUT2D eigenvalue weighted by Gasteiger charge is -2.40. The van der Waals surface area contributed by atoms with Crippen molar-refractivity contribution in [1.29, 1.82) is 0 Å². The van der Waals surface area contributed by atoms with Crippen LogP contribution >= 0.6 is 0 Å². The minimum atomic E-state index is -0.850. The summed E-state index contributed by atoms with van der Waals surface area (Å²) < 4.78 is 11.4. The van der Waals surface area contributed by atoms with Gasteiger partial charge in [0, 0.05) is 19.0 Å². The van der Waals surface area contributed by atoms with Crippen molar-refractivity contribution in [3.8, 4) is 0 Å². The van der Waals surface area contributed by atoms with E-state index in [1.54, 1.807) is 0 Å². The zero-order valence-electron chi connectivity index (χ0n) is 13.2. The van der Waals surface area contributed by atoms with Gasteiger partial charge in [0.2, 0.25) is 0 Å². The third-order valence-electron chi connectivity index (χ3n) is 4.76. The molecule has 0 amide bonds. The first-order valence-corrected chi connectivity index (χ1v) is 7.80. The maximum absolute atomic E-state index is 10.9. The lowest BCUT2D eigenvalue weighted by molar-refractivity contribution is -0.204. The molecule has 3 rings (SSSR count). The summed E-state index contributed by atoms with van der Waals surface area (Å²) in [6, 6.07) is 4.04. The first kappa shape index (κ1) is 14.9. The molecule has 0 atom stereocenters.